The SMILES string of the molecule is COc1ccccc1CN(C)C(=O)CSc1nnc(-c2ccccc2OC)n1C. The van der Waals surface area contributed by atoms with Gasteiger partial charge < -0.3 is 18.9 Å². The monoisotopic (exact) mass is 412 g/mol. The number of methoxy groups -OCH3 is 2. The van der Waals surface area contributed by atoms with Gasteiger partial charge in [0.05, 0.1) is 25.5 Å². The van der Waals surface area contributed by atoms with E-state index in [1.807, 2.05) is 60.1 Å². The molecule has 3 aromatic rings. The third kappa shape index (κ3) is 4.71. The van der Waals surface area contributed by atoms with E-state index in [0.29, 0.717) is 17.5 Å². The molecule has 3 rings (SSSR count). The second kappa shape index (κ2) is 9.47. The Hall–Kier alpha value is -3.00. The highest BCUT2D eigenvalue weighted by atomic mass is 32.2. The lowest BCUT2D eigenvalue weighted by molar-refractivity contribution is -0.127. The van der Waals surface area contributed by atoms with Crippen LogP contribution in [0, 0.1) is 0 Å². The molecule has 29 heavy (non-hydrogen) atoms. The summed E-state index contributed by atoms with van der Waals surface area (Å²) in [5.41, 5.74) is 1.82. The van der Waals surface area contributed by atoms with E-state index >= 15 is 0 Å². The van der Waals surface area contributed by atoms with Crippen LogP contribution in [0.3, 0.4) is 0 Å². The van der Waals surface area contributed by atoms with Crippen molar-refractivity contribution < 1.29 is 14.3 Å². The van der Waals surface area contributed by atoms with Gasteiger partial charge in [0.15, 0.2) is 11.0 Å². The zero-order valence-electron chi connectivity index (χ0n) is 17.0. The van der Waals surface area contributed by atoms with Crippen LogP contribution in [0.15, 0.2) is 53.7 Å². The van der Waals surface area contributed by atoms with Gasteiger partial charge in [0.1, 0.15) is 11.5 Å². The van der Waals surface area contributed by atoms with Gasteiger partial charge in [-0.3, -0.25) is 4.79 Å². The Labute approximate surface area is 174 Å². The van der Waals surface area contributed by atoms with Crippen molar-refractivity contribution in [2.24, 2.45) is 7.05 Å². The largest absolute Gasteiger partial charge is 0.496 e. The Morgan fingerprint density at radius 1 is 1.03 bits per heavy atom. The van der Waals surface area contributed by atoms with E-state index in [9.17, 15) is 4.79 Å². The number of nitrogens with zero attached hydrogens (tertiary/aromatic N) is 4. The van der Waals surface area contributed by atoms with Crippen LogP contribution in [0.2, 0.25) is 0 Å². The molecular formula is C21H24N4O3S. The van der Waals surface area contributed by atoms with Crippen LogP contribution in [-0.4, -0.2) is 52.6 Å². The molecule has 1 heterocycles. The van der Waals surface area contributed by atoms with Crippen molar-refractivity contribution in [3.8, 4) is 22.9 Å². The summed E-state index contributed by atoms with van der Waals surface area (Å²) in [6.07, 6.45) is 0. The molecular weight excluding hydrogens is 388 g/mol. The Kier molecular flexibility index (Phi) is 6.77. The molecule has 152 valence electrons. The first kappa shape index (κ1) is 20.7. The van der Waals surface area contributed by atoms with E-state index in [1.165, 1.54) is 11.8 Å². The lowest BCUT2D eigenvalue weighted by Gasteiger charge is -2.18. The molecule has 0 radical (unpaired) electrons. The van der Waals surface area contributed by atoms with Crippen LogP contribution in [0.5, 0.6) is 11.5 Å². The number of benzene rings is 2. The van der Waals surface area contributed by atoms with Gasteiger partial charge in [0.2, 0.25) is 5.91 Å². The van der Waals surface area contributed by atoms with Gasteiger partial charge in [-0.2, -0.15) is 0 Å². The van der Waals surface area contributed by atoms with Gasteiger partial charge in [-0.05, 0) is 18.2 Å². The second-order valence-electron chi connectivity index (χ2n) is 6.42. The van der Waals surface area contributed by atoms with Crippen molar-refractivity contribution in [1.29, 1.82) is 0 Å². The van der Waals surface area contributed by atoms with E-state index in [1.54, 1.807) is 26.2 Å². The lowest BCUT2D eigenvalue weighted by Crippen LogP contribution is -2.28. The third-order valence-electron chi connectivity index (χ3n) is 4.53. The van der Waals surface area contributed by atoms with E-state index in [4.69, 9.17) is 9.47 Å². The van der Waals surface area contributed by atoms with Gasteiger partial charge in [0.25, 0.3) is 0 Å². The molecule has 0 aliphatic carbocycles. The molecule has 0 atom stereocenters. The predicted octanol–water partition coefficient (Wildman–Crippen LogP) is 3.25. The Morgan fingerprint density at radius 3 is 2.41 bits per heavy atom. The summed E-state index contributed by atoms with van der Waals surface area (Å²) in [6, 6.07) is 15.3. The molecule has 0 unspecified atom stereocenters. The molecule has 0 bridgehead atoms. The zero-order valence-corrected chi connectivity index (χ0v) is 17.8. The van der Waals surface area contributed by atoms with Crippen LogP contribution in [0.1, 0.15) is 5.56 Å². The quantitative estimate of drug-likeness (QED) is 0.529. The van der Waals surface area contributed by atoms with Crippen LogP contribution in [0.4, 0.5) is 0 Å². The summed E-state index contributed by atoms with van der Waals surface area (Å²) in [5, 5.41) is 9.19. The highest BCUT2D eigenvalue weighted by Gasteiger charge is 2.17. The Balaban J connectivity index is 1.66. The van der Waals surface area contributed by atoms with Crippen molar-refractivity contribution in [1.82, 2.24) is 19.7 Å². The van der Waals surface area contributed by atoms with E-state index in [0.717, 1.165) is 22.6 Å². The van der Waals surface area contributed by atoms with Crippen LogP contribution < -0.4 is 9.47 Å². The van der Waals surface area contributed by atoms with Gasteiger partial charge in [0, 0.05) is 26.2 Å². The van der Waals surface area contributed by atoms with E-state index in [-0.39, 0.29) is 11.7 Å². The first-order valence-electron chi connectivity index (χ1n) is 9.06. The van der Waals surface area contributed by atoms with Crippen molar-refractivity contribution in [2.45, 2.75) is 11.7 Å². The molecule has 0 aliphatic rings. The summed E-state index contributed by atoms with van der Waals surface area (Å²) >= 11 is 1.36. The molecule has 0 saturated carbocycles. The molecule has 0 fully saturated rings. The van der Waals surface area contributed by atoms with Crippen LogP contribution in [0.25, 0.3) is 11.4 Å². The van der Waals surface area contributed by atoms with Crippen molar-refractivity contribution in [3.05, 3.63) is 54.1 Å². The molecule has 7 nitrogen and oxygen atoms in total. The number of hydrogen-bond acceptors (Lipinski definition) is 6. The highest BCUT2D eigenvalue weighted by molar-refractivity contribution is 7.99. The number of carbonyl (C=O) groups excluding carboxylic acids is 1. The Morgan fingerprint density at radius 2 is 1.69 bits per heavy atom. The molecule has 1 aromatic heterocycles. The first-order valence-corrected chi connectivity index (χ1v) is 10.0. The molecule has 1 amide bonds. The van der Waals surface area contributed by atoms with Crippen LogP contribution in [-0.2, 0) is 18.4 Å². The molecule has 2 aromatic carbocycles. The number of amides is 1. The molecule has 0 aliphatic heterocycles. The number of ether oxygens (including phenoxy) is 2. The minimum Gasteiger partial charge on any atom is -0.496 e. The third-order valence-corrected chi connectivity index (χ3v) is 5.54. The normalized spacial score (nSPS) is 10.6. The highest BCUT2D eigenvalue weighted by Crippen LogP contribution is 2.30. The van der Waals surface area contributed by atoms with E-state index < -0.39 is 0 Å². The molecule has 0 saturated heterocycles. The fraction of sp³-hybridized carbons (Fsp3) is 0.286. The first-order chi connectivity index (χ1) is 14.0. The average molecular weight is 413 g/mol. The maximum absolute atomic E-state index is 12.6. The van der Waals surface area contributed by atoms with Gasteiger partial charge in [-0.1, -0.05) is 42.1 Å². The van der Waals surface area contributed by atoms with Gasteiger partial charge in [-0.25, -0.2) is 0 Å². The number of para-hydroxylation sites is 2. The topological polar surface area (TPSA) is 69.5 Å². The number of aromatic nitrogens is 3. The summed E-state index contributed by atoms with van der Waals surface area (Å²) in [7, 11) is 6.92. The summed E-state index contributed by atoms with van der Waals surface area (Å²) in [6.45, 7) is 0.481. The zero-order chi connectivity index (χ0) is 20.8. The second-order valence-corrected chi connectivity index (χ2v) is 7.36. The standard InChI is InChI=1S/C21H24N4O3S/c1-24(13-15-9-5-7-11-17(15)27-3)19(26)14-29-21-23-22-20(25(21)2)16-10-6-8-12-18(16)28-4/h5-12H,13-14H2,1-4H3. The van der Waals surface area contributed by atoms with Crippen molar-refractivity contribution in [3.63, 3.8) is 0 Å². The number of carbonyl (C=O) groups is 1. The number of rotatable bonds is 8. The number of thioether (sulfide) groups is 1. The van der Waals surface area contributed by atoms with Crippen molar-refractivity contribution >= 4 is 17.7 Å². The summed E-state index contributed by atoms with van der Waals surface area (Å²) in [4.78, 5) is 14.3. The number of hydrogen-bond donors (Lipinski definition) is 0. The molecule has 8 heteroatoms. The maximum Gasteiger partial charge on any atom is 0.233 e. The van der Waals surface area contributed by atoms with Gasteiger partial charge >= 0.3 is 0 Å². The van der Waals surface area contributed by atoms with Crippen molar-refractivity contribution in [2.75, 3.05) is 27.0 Å². The summed E-state index contributed by atoms with van der Waals surface area (Å²) in [5.74, 6) is 2.47. The van der Waals surface area contributed by atoms with E-state index in [2.05, 4.69) is 10.2 Å². The molecule has 0 spiro atoms. The smallest absolute Gasteiger partial charge is 0.233 e. The molecule has 0 N–H and O–H groups in total. The summed E-state index contributed by atoms with van der Waals surface area (Å²) < 4.78 is 12.6. The van der Waals surface area contributed by atoms with Crippen LogP contribution >= 0.6 is 11.8 Å². The minimum atomic E-state index is 0.00254. The Bertz CT molecular complexity index is 990. The average Bonchev–Trinajstić information content (AvgIpc) is 3.12. The minimum absolute atomic E-state index is 0.00254. The predicted molar refractivity (Wildman–Crippen MR) is 113 cm³/mol. The lowest BCUT2D eigenvalue weighted by atomic mass is 10.2. The fourth-order valence-electron chi connectivity index (χ4n) is 2.92. The maximum atomic E-state index is 12.6. The van der Waals surface area contributed by atoms with Gasteiger partial charge in [-0.15, -0.1) is 10.2 Å². The fourth-order valence-corrected chi connectivity index (χ4v) is 3.77.